The van der Waals surface area contributed by atoms with Gasteiger partial charge in [-0.25, -0.2) is 4.39 Å². The Morgan fingerprint density at radius 1 is 1.22 bits per heavy atom. The van der Waals surface area contributed by atoms with E-state index in [1.54, 1.807) is 23.9 Å². The third-order valence-corrected chi connectivity index (χ3v) is 7.00. The number of nitrogens with one attached hydrogen (secondary N) is 1. The fourth-order valence-corrected chi connectivity index (χ4v) is 6.30. The summed E-state index contributed by atoms with van der Waals surface area (Å²) in [5, 5.41) is 15.0. The van der Waals surface area contributed by atoms with E-state index in [1.807, 2.05) is 29.2 Å². The molecule has 0 aromatic heterocycles. The van der Waals surface area contributed by atoms with E-state index in [-0.39, 0.29) is 16.9 Å². The van der Waals surface area contributed by atoms with Crippen molar-refractivity contribution >= 4 is 23.4 Å². The summed E-state index contributed by atoms with van der Waals surface area (Å²) in [7, 11) is 0. The summed E-state index contributed by atoms with van der Waals surface area (Å²) in [6, 6.07) is 11.8. The van der Waals surface area contributed by atoms with Crippen LogP contribution < -0.4 is 5.32 Å². The number of hydrogen-bond donors (Lipinski definition) is 1. The van der Waals surface area contributed by atoms with Crippen LogP contribution in [0.5, 0.6) is 0 Å². The number of nitrogens with zero attached hydrogens (tertiary/aromatic N) is 2. The van der Waals surface area contributed by atoms with Gasteiger partial charge < -0.3 is 5.32 Å². The number of carbonyl (C=O) groups is 1. The Morgan fingerprint density at radius 3 is 2.70 bits per heavy atom. The number of rotatable bonds is 2. The molecule has 0 saturated carbocycles. The Bertz CT molecular complexity index is 953. The minimum Gasteiger partial charge on any atom is -0.324 e. The molecule has 2 saturated heterocycles. The highest BCUT2D eigenvalue weighted by molar-refractivity contribution is 7.99. The molecule has 1 spiro atoms. The summed E-state index contributed by atoms with van der Waals surface area (Å²) in [6.07, 6.45) is 0. The van der Waals surface area contributed by atoms with Gasteiger partial charge in [-0.3, -0.25) is 19.8 Å². The van der Waals surface area contributed by atoms with Gasteiger partial charge in [0.05, 0.1) is 12.0 Å². The van der Waals surface area contributed by atoms with Crippen molar-refractivity contribution in [2.24, 2.45) is 0 Å². The Morgan fingerprint density at radius 2 is 1.96 bits per heavy atom. The highest BCUT2D eigenvalue weighted by Crippen LogP contribution is 2.59. The summed E-state index contributed by atoms with van der Waals surface area (Å²) in [4.78, 5) is 27.2. The molecule has 138 valence electrons. The van der Waals surface area contributed by atoms with Gasteiger partial charge in [-0.2, -0.15) is 0 Å². The molecule has 2 aromatic carbocycles. The van der Waals surface area contributed by atoms with Crippen LogP contribution in [0.1, 0.15) is 17.0 Å². The molecule has 27 heavy (non-hydrogen) atoms. The lowest BCUT2D eigenvalue weighted by molar-refractivity contribution is -0.527. The summed E-state index contributed by atoms with van der Waals surface area (Å²) in [6.45, 7) is 0. The van der Waals surface area contributed by atoms with Gasteiger partial charge in [0.15, 0.2) is 0 Å². The predicted molar refractivity (Wildman–Crippen MR) is 99.6 cm³/mol. The minimum atomic E-state index is -1.15. The molecule has 8 heteroatoms. The second kappa shape index (κ2) is 5.77. The van der Waals surface area contributed by atoms with Crippen LogP contribution in [0.3, 0.4) is 0 Å². The minimum absolute atomic E-state index is 0.241. The number of anilines is 1. The maximum absolute atomic E-state index is 13.5. The van der Waals surface area contributed by atoms with Gasteiger partial charge in [-0.15, -0.1) is 11.8 Å². The van der Waals surface area contributed by atoms with E-state index in [4.69, 9.17) is 0 Å². The Labute approximate surface area is 158 Å². The smallest absolute Gasteiger partial charge is 0.250 e. The number of hydrogen-bond acceptors (Lipinski definition) is 5. The Hall–Kier alpha value is -2.45. The lowest BCUT2D eigenvalue weighted by Crippen LogP contribution is -2.50. The molecule has 3 aliphatic rings. The summed E-state index contributed by atoms with van der Waals surface area (Å²) >= 11 is 1.61. The summed E-state index contributed by atoms with van der Waals surface area (Å²) in [5.74, 6) is -0.192. The van der Waals surface area contributed by atoms with Crippen LogP contribution >= 0.6 is 11.8 Å². The third kappa shape index (κ3) is 2.08. The fraction of sp³-hybridized carbons (Fsp3) is 0.316. The zero-order chi connectivity index (χ0) is 18.8. The maximum atomic E-state index is 13.5. The van der Waals surface area contributed by atoms with Crippen LogP contribution in [-0.2, 0) is 10.3 Å². The van der Waals surface area contributed by atoms with Crippen molar-refractivity contribution in [2.75, 3.05) is 16.9 Å². The molecule has 0 aliphatic carbocycles. The van der Waals surface area contributed by atoms with Crippen LogP contribution in [-0.4, -0.2) is 39.4 Å². The van der Waals surface area contributed by atoms with Crippen LogP contribution in [0, 0.1) is 15.9 Å². The molecule has 5 rings (SSSR count). The largest absolute Gasteiger partial charge is 0.324 e. The topological polar surface area (TPSA) is 75.5 Å². The third-order valence-electron chi connectivity index (χ3n) is 5.96. The first-order chi connectivity index (χ1) is 13.0. The molecule has 1 unspecified atom stereocenters. The van der Waals surface area contributed by atoms with E-state index in [1.165, 1.54) is 12.1 Å². The second-order valence-electron chi connectivity index (χ2n) is 7.11. The average molecular weight is 385 g/mol. The molecule has 0 radical (unpaired) electrons. The first-order valence-corrected chi connectivity index (χ1v) is 9.85. The lowest BCUT2D eigenvalue weighted by Gasteiger charge is -2.35. The molecule has 4 atom stereocenters. The number of nitro groups is 1. The number of thioether (sulfide) groups is 1. The maximum Gasteiger partial charge on any atom is 0.250 e. The first kappa shape index (κ1) is 16.7. The monoisotopic (exact) mass is 385 g/mol. The summed E-state index contributed by atoms with van der Waals surface area (Å²) in [5.41, 5.74) is 0.917. The molecule has 0 bridgehead atoms. The number of carbonyl (C=O) groups excluding carboxylic acids is 1. The van der Waals surface area contributed by atoms with Crippen molar-refractivity contribution in [3.8, 4) is 0 Å². The van der Waals surface area contributed by atoms with Crippen LogP contribution in [0.4, 0.5) is 10.1 Å². The Balaban J connectivity index is 1.80. The molecule has 2 aromatic rings. The van der Waals surface area contributed by atoms with Crippen molar-refractivity contribution in [3.63, 3.8) is 0 Å². The van der Waals surface area contributed by atoms with Crippen LogP contribution in [0.25, 0.3) is 0 Å². The normalized spacial score (nSPS) is 31.7. The standard InChI is InChI=1S/C19H16FN3O3S/c20-12-7-5-11(6-8-12)16-17(23(25)26)15-9-27-10-22(15)19(16)13-3-1-2-4-14(13)21-18(19)24/h1-8,15-17H,9-10H2,(H,21,24)/t15?,16-,17+,19+/m0/s1. The van der Waals surface area contributed by atoms with E-state index in [9.17, 15) is 19.3 Å². The highest BCUT2D eigenvalue weighted by Gasteiger charge is 2.71. The molecule has 1 amide bonds. The van der Waals surface area contributed by atoms with Gasteiger partial charge in [0, 0.05) is 27.8 Å². The van der Waals surface area contributed by atoms with Crippen molar-refractivity contribution in [3.05, 3.63) is 75.6 Å². The lowest BCUT2D eigenvalue weighted by atomic mass is 9.74. The number of benzene rings is 2. The second-order valence-corrected chi connectivity index (χ2v) is 8.11. The van der Waals surface area contributed by atoms with Crippen LogP contribution in [0.15, 0.2) is 48.5 Å². The van der Waals surface area contributed by atoms with E-state index in [0.29, 0.717) is 22.9 Å². The molecule has 1 N–H and O–H groups in total. The Kier molecular flexibility index (Phi) is 3.57. The molecule has 6 nitrogen and oxygen atoms in total. The first-order valence-electron chi connectivity index (χ1n) is 8.69. The fourth-order valence-electron chi connectivity index (χ4n) is 4.98. The van der Waals surface area contributed by atoms with Gasteiger partial charge in [0.1, 0.15) is 11.4 Å². The number of halogens is 1. The van der Waals surface area contributed by atoms with Gasteiger partial charge in [-0.05, 0) is 23.8 Å². The van der Waals surface area contributed by atoms with E-state index >= 15 is 0 Å². The predicted octanol–water partition coefficient (Wildman–Crippen LogP) is 2.79. The van der Waals surface area contributed by atoms with Gasteiger partial charge in [0.25, 0.3) is 5.91 Å². The van der Waals surface area contributed by atoms with Crippen molar-refractivity contribution in [2.45, 2.75) is 23.5 Å². The highest BCUT2D eigenvalue weighted by atomic mass is 32.2. The van der Waals surface area contributed by atoms with E-state index in [0.717, 1.165) is 5.56 Å². The number of amides is 1. The molecule has 3 heterocycles. The van der Waals surface area contributed by atoms with Crippen LogP contribution in [0.2, 0.25) is 0 Å². The molecule has 3 aliphatic heterocycles. The quantitative estimate of drug-likeness (QED) is 0.636. The zero-order valence-electron chi connectivity index (χ0n) is 14.2. The molecular formula is C19H16FN3O3S. The van der Waals surface area contributed by atoms with Crippen molar-refractivity contribution in [1.29, 1.82) is 0 Å². The number of fused-ring (bicyclic) bond motifs is 4. The van der Waals surface area contributed by atoms with E-state index < -0.39 is 23.3 Å². The van der Waals surface area contributed by atoms with Crippen molar-refractivity contribution in [1.82, 2.24) is 4.90 Å². The average Bonchev–Trinajstić information content (AvgIpc) is 3.29. The van der Waals surface area contributed by atoms with Gasteiger partial charge in [-0.1, -0.05) is 30.3 Å². The summed E-state index contributed by atoms with van der Waals surface area (Å²) < 4.78 is 13.5. The molecule has 2 fully saturated rings. The molecular weight excluding hydrogens is 369 g/mol. The zero-order valence-corrected chi connectivity index (χ0v) is 15.0. The van der Waals surface area contributed by atoms with E-state index in [2.05, 4.69) is 5.32 Å². The van der Waals surface area contributed by atoms with Gasteiger partial charge in [0.2, 0.25) is 6.04 Å². The SMILES string of the molecule is O=C1Nc2ccccc2[C@@]12[C@@H](c1ccc(F)cc1)[C@H]([N+](=O)[O-])C1CSCN12. The number of para-hydroxylation sites is 1. The van der Waals surface area contributed by atoms with Gasteiger partial charge >= 0.3 is 0 Å². The van der Waals surface area contributed by atoms with Crippen molar-refractivity contribution < 1.29 is 14.1 Å².